The predicted molar refractivity (Wildman–Crippen MR) is 99.4 cm³/mol. The number of hydrogen-bond acceptors (Lipinski definition) is 4. The molecule has 142 valence electrons. The molecule has 2 atom stereocenters. The summed E-state index contributed by atoms with van der Waals surface area (Å²) in [6.45, 7) is 8.50. The molecule has 1 aromatic rings. The van der Waals surface area contributed by atoms with Crippen molar-refractivity contribution in [2.75, 3.05) is 0 Å². The summed E-state index contributed by atoms with van der Waals surface area (Å²) in [7, 11) is 0. The van der Waals surface area contributed by atoms with Crippen LogP contribution in [0, 0.1) is 0 Å². The van der Waals surface area contributed by atoms with Gasteiger partial charge >= 0.3 is 0 Å². The van der Waals surface area contributed by atoms with Gasteiger partial charge in [0.2, 0.25) is 11.8 Å². The Morgan fingerprint density at radius 2 is 1.65 bits per heavy atom. The molecule has 6 nitrogen and oxygen atoms in total. The summed E-state index contributed by atoms with van der Waals surface area (Å²) < 4.78 is 0. The predicted octanol–water partition coefficient (Wildman–Crippen LogP) is 2.04. The third-order valence-corrected chi connectivity index (χ3v) is 4.25. The fourth-order valence-corrected chi connectivity index (χ4v) is 2.94. The van der Waals surface area contributed by atoms with E-state index >= 15 is 0 Å². The molecular weight excluding hydrogens is 332 g/mol. The second kappa shape index (κ2) is 9.85. The smallest absolute Gasteiger partial charge is 0.243 e. The van der Waals surface area contributed by atoms with Gasteiger partial charge in [-0.2, -0.15) is 0 Å². The molecular formula is C20H28N2O4. The van der Waals surface area contributed by atoms with Crippen LogP contribution in [0.2, 0.25) is 0 Å². The van der Waals surface area contributed by atoms with E-state index in [0.717, 1.165) is 11.1 Å². The maximum absolute atomic E-state index is 12.7. The largest absolute Gasteiger partial charge is 0.344 e. The second-order valence-electron chi connectivity index (χ2n) is 6.21. The van der Waals surface area contributed by atoms with Crippen molar-refractivity contribution in [3.8, 4) is 0 Å². The molecule has 26 heavy (non-hydrogen) atoms. The number of nitrogens with one attached hydrogen (secondary N) is 1. The van der Waals surface area contributed by atoms with Crippen LogP contribution in [0.25, 0.3) is 0 Å². The van der Waals surface area contributed by atoms with Gasteiger partial charge in [0.05, 0.1) is 6.04 Å². The van der Waals surface area contributed by atoms with Gasteiger partial charge in [0, 0.05) is 26.3 Å². The Kier molecular flexibility index (Phi) is 8.16. The molecule has 1 aliphatic rings. The third kappa shape index (κ3) is 5.51. The Hall–Kier alpha value is -2.50. The van der Waals surface area contributed by atoms with Crippen molar-refractivity contribution in [3.05, 3.63) is 35.4 Å². The van der Waals surface area contributed by atoms with Gasteiger partial charge < -0.3 is 10.2 Å². The number of carbonyl (C=O) groups excluding carboxylic acids is 4. The van der Waals surface area contributed by atoms with Gasteiger partial charge in [-0.1, -0.05) is 38.1 Å². The molecule has 0 spiro atoms. The zero-order valence-corrected chi connectivity index (χ0v) is 16.2. The molecule has 0 fully saturated rings. The summed E-state index contributed by atoms with van der Waals surface area (Å²) >= 11 is 0. The van der Waals surface area contributed by atoms with Gasteiger partial charge in [-0.05, 0) is 25.0 Å². The SMILES string of the molecule is CC.CC(=O)CC(NC(=O)C1Cc2ccccc2CN1C(C)=O)C(C)=O. The van der Waals surface area contributed by atoms with Crippen molar-refractivity contribution in [2.24, 2.45) is 0 Å². The highest BCUT2D eigenvalue weighted by atomic mass is 16.2. The molecule has 1 aromatic carbocycles. The van der Waals surface area contributed by atoms with Crippen molar-refractivity contribution in [1.29, 1.82) is 0 Å². The summed E-state index contributed by atoms with van der Waals surface area (Å²) in [5.41, 5.74) is 2.03. The van der Waals surface area contributed by atoms with Crippen LogP contribution in [0.5, 0.6) is 0 Å². The van der Waals surface area contributed by atoms with Crippen LogP contribution >= 0.6 is 0 Å². The maximum Gasteiger partial charge on any atom is 0.243 e. The lowest BCUT2D eigenvalue weighted by atomic mass is 9.93. The summed E-state index contributed by atoms with van der Waals surface area (Å²) in [6, 6.07) is 6.15. The fourth-order valence-electron chi connectivity index (χ4n) is 2.94. The minimum atomic E-state index is -0.846. The summed E-state index contributed by atoms with van der Waals surface area (Å²) in [4.78, 5) is 49.0. The van der Waals surface area contributed by atoms with E-state index in [4.69, 9.17) is 0 Å². The van der Waals surface area contributed by atoms with Gasteiger partial charge in [-0.25, -0.2) is 0 Å². The molecule has 2 unspecified atom stereocenters. The zero-order valence-electron chi connectivity index (χ0n) is 16.2. The standard InChI is InChI=1S/C18H22N2O4.C2H6/c1-11(21)8-16(12(2)22)19-18(24)17-9-14-6-4-5-7-15(14)10-20(17)13(3)23;1-2/h4-7,16-17H,8-10H2,1-3H3,(H,19,24);1-2H3. The molecule has 1 aliphatic heterocycles. The third-order valence-electron chi connectivity index (χ3n) is 4.25. The monoisotopic (exact) mass is 360 g/mol. The lowest BCUT2D eigenvalue weighted by Gasteiger charge is -2.36. The van der Waals surface area contributed by atoms with E-state index in [2.05, 4.69) is 5.32 Å². The Labute approximate surface area is 154 Å². The summed E-state index contributed by atoms with van der Waals surface area (Å²) in [6.07, 6.45) is 0.358. The van der Waals surface area contributed by atoms with Crippen molar-refractivity contribution in [3.63, 3.8) is 0 Å². The first-order valence-corrected chi connectivity index (χ1v) is 8.94. The Morgan fingerprint density at radius 3 is 2.15 bits per heavy atom. The average Bonchev–Trinajstić information content (AvgIpc) is 2.61. The molecule has 0 aromatic heterocycles. The number of carbonyl (C=O) groups is 4. The first kappa shape index (κ1) is 21.5. The van der Waals surface area contributed by atoms with Crippen LogP contribution in [-0.2, 0) is 32.1 Å². The number of hydrogen-bond donors (Lipinski definition) is 1. The number of ketones is 2. The minimum absolute atomic E-state index is 0.0373. The summed E-state index contributed by atoms with van der Waals surface area (Å²) in [5.74, 6) is -1.05. The second-order valence-corrected chi connectivity index (χ2v) is 6.21. The highest BCUT2D eigenvalue weighted by molar-refractivity contribution is 5.94. The van der Waals surface area contributed by atoms with Crippen molar-refractivity contribution in [2.45, 2.75) is 66.1 Å². The van der Waals surface area contributed by atoms with E-state index in [9.17, 15) is 19.2 Å². The Morgan fingerprint density at radius 1 is 1.08 bits per heavy atom. The molecule has 1 N–H and O–H groups in total. The van der Waals surface area contributed by atoms with E-state index in [1.54, 1.807) is 0 Å². The Balaban J connectivity index is 0.00000163. The number of fused-ring (bicyclic) bond motifs is 1. The number of nitrogens with zero attached hydrogens (tertiary/aromatic N) is 1. The van der Waals surface area contributed by atoms with E-state index in [0.29, 0.717) is 13.0 Å². The number of rotatable bonds is 5. The number of Topliss-reactive ketones (excluding diaryl/α,β-unsaturated/α-hetero) is 2. The molecule has 1 heterocycles. The van der Waals surface area contributed by atoms with Gasteiger partial charge in [-0.3, -0.25) is 19.2 Å². The van der Waals surface area contributed by atoms with E-state index in [1.165, 1.54) is 25.7 Å². The first-order chi connectivity index (χ1) is 12.3. The summed E-state index contributed by atoms with van der Waals surface area (Å²) in [5, 5.41) is 2.63. The zero-order chi connectivity index (χ0) is 19.9. The Bertz CT molecular complexity index is 684. The first-order valence-electron chi connectivity index (χ1n) is 8.94. The van der Waals surface area contributed by atoms with E-state index < -0.39 is 18.0 Å². The molecule has 0 bridgehead atoms. The maximum atomic E-state index is 12.7. The van der Waals surface area contributed by atoms with Crippen LogP contribution in [0.3, 0.4) is 0 Å². The quantitative estimate of drug-likeness (QED) is 0.871. The van der Waals surface area contributed by atoms with Crippen LogP contribution in [0.1, 0.15) is 52.2 Å². The average molecular weight is 360 g/mol. The number of benzene rings is 1. The van der Waals surface area contributed by atoms with Crippen molar-refractivity contribution in [1.82, 2.24) is 10.2 Å². The van der Waals surface area contributed by atoms with Crippen LogP contribution in [0.15, 0.2) is 24.3 Å². The van der Waals surface area contributed by atoms with E-state index in [-0.39, 0.29) is 23.9 Å². The van der Waals surface area contributed by atoms with Gasteiger partial charge in [0.25, 0.3) is 0 Å². The molecule has 6 heteroatoms. The topological polar surface area (TPSA) is 83.6 Å². The van der Waals surface area contributed by atoms with Crippen LogP contribution in [0.4, 0.5) is 0 Å². The molecule has 2 rings (SSSR count). The molecule has 0 saturated carbocycles. The van der Waals surface area contributed by atoms with Gasteiger partial charge in [0.1, 0.15) is 11.8 Å². The van der Waals surface area contributed by atoms with Crippen molar-refractivity contribution < 1.29 is 19.2 Å². The van der Waals surface area contributed by atoms with Crippen molar-refractivity contribution >= 4 is 23.4 Å². The highest BCUT2D eigenvalue weighted by Gasteiger charge is 2.34. The van der Waals surface area contributed by atoms with Crippen LogP contribution in [-0.4, -0.2) is 40.4 Å². The molecule has 0 saturated heterocycles. The normalized spacial score (nSPS) is 16.5. The van der Waals surface area contributed by atoms with Crippen LogP contribution < -0.4 is 5.32 Å². The lowest BCUT2D eigenvalue weighted by molar-refractivity contribution is -0.141. The molecule has 2 amide bonds. The highest BCUT2D eigenvalue weighted by Crippen LogP contribution is 2.23. The van der Waals surface area contributed by atoms with Gasteiger partial charge in [0.15, 0.2) is 5.78 Å². The fraction of sp³-hybridized carbons (Fsp3) is 0.500. The molecule has 0 radical (unpaired) electrons. The number of amides is 2. The molecule has 0 aliphatic carbocycles. The van der Waals surface area contributed by atoms with E-state index in [1.807, 2.05) is 38.1 Å². The minimum Gasteiger partial charge on any atom is -0.344 e. The van der Waals surface area contributed by atoms with Gasteiger partial charge in [-0.15, -0.1) is 0 Å². The lowest BCUT2D eigenvalue weighted by Crippen LogP contribution is -2.55.